The Hall–Kier alpha value is -3.55. The minimum atomic E-state index is -0.104. The Morgan fingerprint density at radius 3 is 2.21 bits per heavy atom. The average molecular weight is 578 g/mol. The predicted octanol–water partition coefficient (Wildman–Crippen LogP) is 7.52. The quantitative estimate of drug-likeness (QED) is 0.155. The van der Waals surface area contributed by atoms with Gasteiger partial charge in [-0.15, -0.1) is 0 Å². The number of phenols is 1. The van der Waals surface area contributed by atoms with Crippen LogP contribution in [-0.4, -0.2) is 50.3 Å². The molecule has 0 fully saturated rings. The maximum absolute atomic E-state index is 13.3. The average Bonchev–Trinajstić information content (AvgIpc) is 3.29. The lowest BCUT2D eigenvalue weighted by atomic mass is 9.99. The van der Waals surface area contributed by atoms with Crippen LogP contribution in [-0.2, 0) is 28.9 Å². The largest absolute Gasteiger partial charge is 0.507 e. The zero-order chi connectivity index (χ0) is 30.5. The molecule has 1 amide bonds. The summed E-state index contributed by atoms with van der Waals surface area (Å²) in [5.41, 5.74) is 6.93. The number of methoxy groups -OCH3 is 2. The number of nitrogens with zero attached hydrogens (tertiary/aromatic N) is 1. The van der Waals surface area contributed by atoms with Crippen molar-refractivity contribution in [3.63, 3.8) is 0 Å². The second kappa shape index (κ2) is 16.8. The van der Waals surface area contributed by atoms with E-state index in [-0.39, 0.29) is 25.2 Å². The van der Waals surface area contributed by atoms with E-state index in [4.69, 9.17) is 18.9 Å². The van der Waals surface area contributed by atoms with Gasteiger partial charge in [-0.05, 0) is 90.0 Å². The second-order valence-corrected chi connectivity index (χ2v) is 11.1. The molecule has 2 aromatic rings. The number of amides is 1. The Labute approximate surface area is 251 Å². The molecule has 2 aromatic carbocycles. The molecule has 0 aliphatic carbocycles. The molecular weight excluding hydrogens is 530 g/mol. The lowest BCUT2D eigenvalue weighted by molar-refractivity contribution is 0.0502. The molecular formula is C35H47NO6. The van der Waals surface area contributed by atoms with Crippen molar-refractivity contribution in [3.05, 3.63) is 87.5 Å². The molecule has 1 aliphatic heterocycles. The summed E-state index contributed by atoms with van der Waals surface area (Å²) >= 11 is 0. The van der Waals surface area contributed by atoms with Crippen LogP contribution >= 0.6 is 0 Å². The van der Waals surface area contributed by atoms with Crippen molar-refractivity contribution < 1.29 is 28.8 Å². The van der Waals surface area contributed by atoms with Crippen LogP contribution in [0.3, 0.4) is 0 Å². The number of hydrogen-bond acceptors (Lipinski definition) is 6. The van der Waals surface area contributed by atoms with Crippen molar-refractivity contribution >= 4 is 5.91 Å². The minimum absolute atomic E-state index is 0.0345. The van der Waals surface area contributed by atoms with Crippen molar-refractivity contribution in [2.24, 2.45) is 0 Å². The number of hydrogen-bond donors (Lipinski definition) is 1. The van der Waals surface area contributed by atoms with Crippen molar-refractivity contribution in [1.82, 2.24) is 4.90 Å². The first-order chi connectivity index (χ1) is 20.2. The van der Waals surface area contributed by atoms with E-state index in [2.05, 4.69) is 45.9 Å². The van der Waals surface area contributed by atoms with Crippen molar-refractivity contribution in [2.45, 2.75) is 72.8 Å². The normalized spacial score (nSPS) is 13.4. The van der Waals surface area contributed by atoms with Crippen LogP contribution in [0.1, 0.15) is 80.4 Å². The van der Waals surface area contributed by atoms with Gasteiger partial charge in [0.05, 0.1) is 12.1 Å². The van der Waals surface area contributed by atoms with Crippen LogP contribution in [0.5, 0.6) is 17.2 Å². The van der Waals surface area contributed by atoms with Gasteiger partial charge in [0.2, 0.25) is 0 Å². The number of rotatable bonds is 17. The number of ether oxygens (including phenoxy) is 4. The molecule has 0 atom stereocenters. The van der Waals surface area contributed by atoms with E-state index >= 15 is 0 Å². The van der Waals surface area contributed by atoms with Gasteiger partial charge >= 0.3 is 0 Å². The third-order valence-electron chi connectivity index (χ3n) is 7.38. The molecule has 3 rings (SSSR count). The van der Waals surface area contributed by atoms with Crippen LogP contribution < -0.4 is 9.47 Å². The van der Waals surface area contributed by atoms with Gasteiger partial charge < -0.3 is 29.0 Å². The van der Waals surface area contributed by atoms with Gasteiger partial charge in [0.25, 0.3) is 5.91 Å². The Bertz CT molecular complexity index is 1270. The molecule has 42 heavy (non-hydrogen) atoms. The molecule has 0 aromatic heterocycles. The minimum Gasteiger partial charge on any atom is -0.507 e. The van der Waals surface area contributed by atoms with Gasteiger partial charge in [0.15, 0.2) is 13.6 Å². The fourth-order valence-electron chi connectivity index (χ4n) is 4.90. The highest BCUT2D eigenvalue weighted by Crippen LogP contribution is 2.40. The molecule has 0 spiro atoms. The Morgan fingerprint density at radius 1 is 0.905 bits per heavy atom. The van der Waals surface area contributed by atoms with Gasteiger partial charge in [-0.2, -0.15) is 0 Å². The first kappa shape index (κ1) is 33.0. The number of aromatic hydroxyl groups is 1. The number of phenolic OH excluding ortho intramolecular Hbond substituents is 1. The molecule has 7 heteroatoms. The Kier molecular flexibility index (Phi) is 13.2. The lowest BCUT2D eigenvalue weighted by Gasteiger charge is -2.15. The number of allylic oxidation sites excluding steroid dienone is 6. The van der Waals surface area contributed by atoms with Crippen LogP contribution in [0.15, 0.2) is 65.3 Å². The fraction of sp³-hybridized carbons (Fsp3) is 0.457. The fourth-order valence-corrected chi connectivity index (χ4v) is 4.90. The third-order valence-corrected chi connectivity index (χ3v) is 7.38. The molecule has 0 radical (unpaired) electrons. The van der Waals surface area contributed by atoms with E-state index in [1.807, 2.05) is 24.3 Å². The van der Waals surface area contributed by atoms with Crippen LogP contribution in [0.2, 0.25) is 0 Å². The lowest BCUT2D eigenvalue weighted by Crippen LogP contribution is -2.26. The zero-order valence-corrected chi connectivity index (χ0v) is 26.1. The summed E-state index contributed by atoms with van der Waals surface area (Å²) in [4.78, 5) is 15.1. The smallest absolute Gasteiger partial charge is 0.254 e. The first-order valence-electron chi connectivity index (χ1n) is 14.7. The molecule has 7 nitrogen and oxygen atoms in total. The van der Waals surface area contributed by atoms with Crippen molar-refractivity contribution in [1.29, 1.82) is 0 Å². The van der Waals surface area contributed by atoms with Gasteiger partial charge in [-0.3, -0.25) is 4.79 Å². The van der Waals surface area contributed by atoms with Gasteiger partial charge in [-0.1, -0.05) is 47.1 Å². The molecule has 0 saturated heterocycles. The second-order valence-electron chi connectivity index (χ2n) is 11.1. The van der Waals surface area contributed by atoms with Crippen LogP contribution in [0, 0.1) is 0 Å². The summed E-state index contributed by atoms with van der Waals surface area (Å²) in [7, 11) is 3.13. The maximum atomic E-state index is 13.3. The van der Waals surface area contributed by atoms with Gasteiger partial charge in [0.1, 0.15) is 17.2 Å². The van der Waals surface area contributed by atoms with Crippen LogP contribution in [0.25, 0.3) is 0 Å². The van der Waals surface area contributed by atoms with Crippen LogP contribution in [0.4, 0.5) is 0 Å². The zero-order valence-electron chi connectivity index (χ0n) is 26.1. The number of benzene rings is 2. The molecule has 228 valence electrons. The molecule has 0 saturated carbocycles. The molecule has 1 aliphatic rings. The van der Waals surface area contributed by atoms with Crippen molar-refractivity contribution in [3.8, 4) is 17.2 Å². The van der Waals surface area contributed by atoms with Gasteiger partial charge in [0, 0.05) is 31.9 Å². The first-order valence-corrected chi connectivity index (χ1v) is 14.7. The summed E-state index contributed by atoms with van der Waals surface area (Å²) in [6.07, 6.45) is 12.0. The maximum Gasteiger partial charge on any atom is 0.254 e. The highest BCUT2D eigenvalue weighted by Gasteiger charge is 2.32. The number of carbonyl (C=O) groups excluding carboxylic acids is 1. The number of fused-ring (bicyclic) bond motifs is 1. The summed E-state index contributed by atoms with van der Waals surface area (Å²) < 4.78 is 21.3. The molecule has 0 unspecified atom stereocenters. The summed E-state index contributed by atoms with van der Waals surface area (Å²) in [5, 5.41) is 11.3. The van der Waals surface area contributed by atoms with E-state index in [1.54, 1.807) is 25.2 Å². The molecule has 1 heterocycles. The highest BCUT2D eigenvalue weighted by atomic mass is 16.7. The molecule has 1 N–H and O–H groups in total. The Balaban J connectivity index is 1.66. The van der Waals surface area contributed by atoms with E-state index in [0.29, 0.717) is 48.4 Å². The van der Waals surface area contributed by atoms with E-state index in [9.17, 15) is 9.90 Å². The van der Waals surface area contributed by atoms with Gasteiger partial charge in [-0.25, -0.2) is 0 Å². The summed E-state index contributed by atoms with van der Waals surface area (Å²) in [6, 6.07) is 9.52. The standard InChI is InChI=1S/C35H47NO6/c1-25(2)9-7-10-26(3)11-8-12-27(4)13-18-30-33(42-24-40-6)21-31-32(34(30)37)22-36(35(31)38)20-19-28-14-16-29(17-15-28)41-23-39-5/h9,11,13-17,21,37H,7-8,10,12,18-20,22-24H2,1-6H3/b26-11+,27-13+. The van der Waals surface area contributed by atoms with E-state index in [1.165, 1.54) is 16.7 Å². The monoisotopic (exact) mass is 577 g/mol. The Morgan fingerprint density at radius 2 is 1.55 bits per heavy atom. The topological polar surface area (TPSA) is 77.5 Å². The molecule has 0 bridgehead atoms. The summed E-state index contributed by atoms with van der Waals surface area (Å²) in [5.74, 6) is 1.24. The van der Waals surface area contributed by atoms with Crippen molar-refractivity contribution in [2.75, 3.05) is 34.4 Å². The third kappa shape index (κ3) is 9.78. The summed E-state index contributed by atoms with van der Waals surface area (Å²) in [6.45, 7) is 9.72. The van der Waals surface area contributed by atoms with E-state index in [0.717, 1.165) is 37.0 Å². The van der Waals surface area contributed by atoms with E-state index < -0.39 is 0 Å². The SMILES string of the molecule is COCOc1ccc(CCN2Cc3c(cc(OCOC)c(C/C=C(\C)CC/C=C(\C)CCC=C(C)C)c3O)C2=O)cc1. The highest BCUT2D eigenvalue weighted by molar-refractivity contribution is 6.00. The number of carbonyl (C=O) groups is 1. The predicted molar refractivity (Wildman–Crippen MR) is 167 cm³/mol.